The predicted octanol–water partition coefficient (Wildman–Crippen LogP) is 3.08. The van der Waals surface area contributed by atoms with Gasteiger partial charge in [0.15, 0.2) is 0 Å². The van der Waals surface area contributed by atoms with Crippen molar-refractivity contribution in [2.45, 2.75) is 38.1 Å². The van der Waals surface area contributed by atoms with Crippen LogP contribution < -0.4 is 5.73 Å². The third-order valence-electron chi connectivity index (χ3n) is 3.31. The van der Waals surface area contributed by atoms with E-state index in [1.165, 1.54) is 0 Å². The molecular weight excluding hydrogens is 210 g/mol. The summed E-state index contributed by atoms with van der Waals surface area (Å²) in [7, 11) is 0. The van der Waals surface area contributed by atoms with Gasteiger partial charge in [0.2, 0.25) is 0 Å². The molecule has 2 nitrogen and oxygen atoms in total. The molecule has 1 aliphatic carbocycles. The number of nitrogens with two attached hydrogens (primary N) is 1. The summed E-state index contributed by atoms with van der Waals surface area (Å²) in [4.78, 5) is 0. The Kier molecular flexibility index (Phi) is 2.65. The van der Waals surface area contributed by atoms with E-state index in [2.05, 4.69) is 0 Å². The highest BCUT2D eigenvalue weighted by Crippen LogP contribution is 2.44. The van der Waals surface area contributed by atoms with Crippen molar-refractivity contribution in [3.8, 4) is 5.75 Å². The first-order valence-corrected chi connectivity index (χ1v) is 5.70. The normalized spacial score (nSPS) is 19.4. The first-order valence-electron chi connectivity index (χ1n) is 5.32. The fraction of sp³-hybridized carbons (Fsp3) is 0.500. The highest BCUT2D eigenvalue weighted by atomic mass is 35.5. The topological polar surface area (TPSA) is 46.2 Å². The minimum Gasteiger partial charge on any atom is -0.508 e. The Morgan fingerprint density at radius 3 is 2.53 bits per heavy atom. The molecule has 3 N–H and O–H groups in total. The number of hydrogen-bond acceptors (Lipinski definition) is 2. The molecule has 1 fully saturated rings. The van der Waals surface area contributed by atoms with Gasteiger partial charge in [0.05, 0.1) is 5.02 Å². The average molecular weight is 226 g/mol. The number of phenolic OH excluding ortho intramolecular Hbond substituents is 1. The zero-order chi connectivity index (χ0) is 11.1. The summed E-state index contributed by atoms with van der Waals surface area (Å²) in [6.45, 7) is 1.93. The van der Waals surface area contributed by atoms with Gasteiger partial charge in [-0.3, -0.25) is 0 Å². The average Bonchev–Trinajstić information content (AvgIpc) is 2.60. The highest BCUT2D eigenvalue weighted by molar-refractivity contribution is 6.32. The number of aryl methyl sites for hydroxylation is 1. The van der Waals surface area contributed by atoms with E-state index in [1.807, 2.05) is 13.0 Å². The number of halogens is 1. The number of rotatable bonds is 1. The van der Waals surface area contributed by atoms with Crippen LogP contribution in [-0.4, -0.2) is 5.11 Å². The second-order valence-electron chi connectivity index (χ2n) is 4.45. The molecule has 0 aliphatic heterocycles. The van der Waals surface area contributed by atoms with Crippen molar-refractivity contribution >= 4 is 11.6 Å². The number of aromatic hydroxyl groups is 1. The lowest BCUT2D eigenvalue weighted by atomic mass is 9.87. The summed E-state index contributed by atoms with van der Waals surface area (Å²) in [6.07, 6.45) is 4.04. The van der Waals surface area contributed by atoms with Crippen molar-refractivity contribution in [3.63, 3.8) is 0 Å². The van der Waals surface area contributed by atoms with Gasteiger partial charge in [-0.1, -0.05) is 30.5 Å². The number of benzene rings is 1. The third kappa shape index (κ3) is 1.72. The molecule has 0 bridgehead atoms. The van der Waals surface area contributed by atoms with E-state index in [4.69, 9.17) is 17.3 Å². The minimum absolute atomic E-state index is 0.231. The van der Waals surface area contributed by atoms with Crippen LogP contribution in [0.4, 0.5) is 0 Å². The van der Waals surface area contributed by atoms with Gasteiger partial charge in [0.1, 0.15) is 5.75 Å². The van der Waals surface area contributed by atoms with Crippen LogP contribution >= 0.6 is 11.6 Å². The van der Waals surface area contributed by atoms with Crippen molar-refractivity contribution in [1.29, 1.82) is 0 Å². The summed E-state index contributed by atoms with van der Waals surface area (Å²) >= 11 is 6.23. The Morgan fingerprint density at radius 1 is 1.33 bits per heavy atom. The SMILES string of the molecule is Cc1ccc(O)c(C2(N)CCCC2)c1Cl. The maximum atomic E-state index is 9.88. The van der Waals surface area contributed by atoms with Gasteiger partial charge in [-0.2, -0.15) is 0 Å². The monoisotopic (exact) mass is 225 g/mol. The highest BCUT2D eigenvalue weighted by Gasteiger charge is 2.35. The number of hydrogen-bond donors (Lipinski definition) is 2. The van der Waals surface area contributed by atoms with Crippen LogP contribution in [0, 0.1) is 6.92 Å². The van der Waals surface area contributed by atoms with Gasteiger partial charge in [0, 0.05) is 11.1 Å². The van der Waals surface area contributed by atoms with Crippen LogP contribution in [0.5, 0.6) is 5.75 Å². The fourth-order valence-corrected chi connectivity index (χ4v) is 2.75. The minimum atomic E-state index is -0.423. The van der Waals surface area contributed by atoms with Crippen molar-refractivity contribution in [3.05, 3.63) is 28.3 Å². The maximum absolute atomic E-state index is 9.88. The lowest BCUT2D eigenvalue weighted by Crippen LogP contribution is -2.33. The molecule has 1 aliphatic rings. The summed E-state index contributed by atoms with van der Waals surface area (Å²) in [5.74, 6) is 0.231. The Bertz CT molecular complexity index is 383. The van der Waals surface area contributed by atoms with Crippen LogP contribution in [0.3, 0.4) is 0 Å². The van der Waals surface area contributed by atoms with Crippen molar-refractivity contribution in [2.75, 3.05) is 0 Å². The van der Waals surface area contributed by atoms with Crippen molar-refractivity contribution < 1.29 is 5.11 Å². The standard InChI is InChI=1S/C12H16ClNO/c1-8-4-5-9(15)10(11(8)13)12(14)6-2-3-7-12/h4-5,15H,2-3,6-7,14H2,1H3. The zero-order valence-electron chi connectivity index (χ0n) is 8.89. The Labute approximate surface area is 95.1 Å². The molecule has 0 aromatic heterocycles. The molecule has 0 unspecified atom stereocenters. The van der Waals surface area contributed by atoms with Gasteiger partial charge in [-0.25, -0.2) is 0 Å². The van der Waals surface area contributed by atoms with E-state index in [0.717, 1.165) is 36.8 Å². The molecule has 1 aromatic rings. The molecule has 1 saturated carbocycles. The van der Waals surface area contributed by atoms with E-state index in [1.54, 1.807) is 6.07 Å². The van der Waals surface area contributed by atoms with Crippen LogP contribution in [0.15, 0.2) is 12.1 Å². The Balaban J connectivity index is 2.55. The van der Waals surface area contributed by atoms with E-state index in [-0.39, 0.29) is 5.75 Å². The molecule has 2 rings (SSSR count). The van der Waals surface area contributed by atoms with E-state index in [9.17, 15) is 5.11 Å². The quantitative estimate of drug-likeness (QED) is 0.772. The lowest BCUT2D eigenvalue weighted by Gasteiger charge is -2.26. The number of phenols is 1. The summed E-state index contributed by atoms with van der Waals surface area (Å²) < 4.78 is 0. The molecule has 82 valence electrons. The van der Waals surface area contributed by atoms with Crippen LogP contribution in [0.2, 0.25) is 5.02 Å². The van der Waals surface area contributed by atoms with E-state index < -0.39 is 5.54 Å². The smallest absolute Gasteiger partial charge is 0.122 e. The molecule has 0 saturated heterocycles. The molecule has 0 heterocycles. The maximum Gasteiger partial charge on any atom is 0.122 e. The van der Waals surface area contributed by atoms with Crippen LogP contribution in [0.25, 0.3) is 0 Å². The van der Waals surface area contributed by atoms with E-state index in [0.29, 0.717) is 5.02 Å². The first-order chi connectivity index (χ1) is 7.04. The molecule has 3 heteroatoms. The second kappa shape index (κ2) is 3.69. The summed E-state index contributed by atoms with van der Waals surface area (Å²) in [5.41, 5.74) is 7.59. The fourth-order valence-electron chi connectivity index (χ4n) is 2.40. The van der Waals surface area contributed by atoms with Crippen molar-refractivity contribution in [2.24, 2.45) is 5.73 Å². The zero-order valence-corrected chi connectivity index (χ0v) is 9.64. The predicted molar refractivity (Wildman–Crippen MR) is 62.2 cm³/mol. The molecule has 0 amide bonds. The second-order valence-corrected chi connectivity index (χ2v) is 4.83. The lowest BCUT2D eigenvalue weighted by molar-refractivity contribution is 0.409. The van der Waals surface area contributed by atoms with Gasteiger partial charge in [-0.05, 0) is 31.4 Å². The molecule has 15 heavy (non-hydrogen) atoms. The first kappa shape index (κ1) is 10.8. The third-order valence-corrected chi connectivity index (χ3v) is 3.79. The van der Waals surface area contributed by atoms with E-state index >= 15 is 0 Å². The van der Waals surface area contributed by atoms with Crippen LogP contribution in [-0.2, 0) is 5.54 Å². The molecule has 0 spiro atoms. The largest absolute Gasteiger partial charge is 0.508 e. The van der Waals surface area contributed by atoms with Crippen molar-refractivity contribution in [1.82, 2.24) is 0 Å². The summed E-state index contributed by atoms with van der Waals surface area (Å²) in [6, 6.07) is 3.50. The van der Waals surface area contributed by atoms with Gasteiger partial charge in [-0.15, -0.1) is 0 Å². The molecular formula is C12H16ClNO. The van der Waals surface area contributed by atoms with Gasteiger partial charge < -0.3 is 10.8 Å². The molecule has 1 aromatic carbocycles. The summed E-state index contributed by atoms with van der Waals surface area (Å²) in [5, 5.41) is 10.5. The molecule has 0 atom stereocenters. The Hall–Kier alpha value is -0.730. The Morgan fingerprint density at radius 2 is 1.93 bits per heavy atom. The van der Waals surface area contributed by atoms with Gasteiger partial charge in [0.25, 0.3) is 0 Å². The van der Waals surface area contributed by atoms with Gasteiger partial charge >= 0.3 is 0 Å². The molecule has 0 radical (unpaired) electrons. The van der Waals surface area contributed by atoms with Crippen LogP contribution in [0.1, 0.15) is 36.8 Å².